The number of benzene rings is 3. The zero-order chi connectivity index (χ0) is 23.8. The Kier molecular flexibility index (Phi) is 7.86. The number of hydrogen-bond acceptors (Lipinski definition) is 5. The van der Waals surface area contributed by atoms with Gasteiger partial charge < -0.3 is 14.8 Å². The Labute approximate surface area is 189 Å². The number of anilines is 1. The fourth-order valence-electron chi connectivity index (χ4n) is 3.15. The number of hydrogen-bond donors (Lipinski definition) is 1. The van der Waals surface area contributed by atoms with Crippen LogP contribution in [0.5, 0.6) is 0 Å². The smallest absolute Gasteiger partial charge is 0.397 e. The molecule has 6 nitrogen and oxygen atoms in total. The number of esters is 2. The SMILES string of the molecule is CCOC(=O)CCOC(=O)C(=O)Nc1ccc(-c2ccccc2-c2c(F)cccc2F)cc1. The summed E-state index contributed by atoms with van der Waals surface area (Å²) in [5, 5.41) is 2.40. The molecule has 3 aromatic carbocycles. The van der Waals surface area contributed by atoms with Crippen molar-refractivity contribution in [2.45, 2.75) is 13.3 Å². The predicted octanol–water partition coefficient (Wildman–Crippen LogP) is 4.73. The number of carbonyl (C=O) groups is 3. The first-order chi connectivity index (χ1) is 15.9. The third-order valence-corrected chi connectivity index (χ3v) is 4.64. The Balaban J connectivity index is 1.70. The van der Waals surface area contributed by atoms with Crippen LogP contribution in [0.25, 0.3) is 22.3 Å². The molecule has 3 aromatic rings. The minimum absolute atomic E-state index is 0.129. The van der Waals surface area contributed by atoms with E-state index in [2.05, 4.69) is 5.32 Å². The lowest BCUT2D eigenvalue weighted by Crippen LogP contribution is -2.26. The third-order valence-electron chi connectivity index (χ3n) is 4.64. The molecule has 0 unspecified atom stereocenters. The van der Waals surface area contributed by atoms with Gasteiger partial charge in [0.25, 0.3) is 0 Å². The number of nitrogens with one attached hydrogen (secondary N) is 1. The highest BCUT2D eigenvalue weighted by atomic mass is 19.1. The maximum atomic E-state index is 14.3. The first-order valence-corrected chi connectivity index (χ1v) is 10.2. The largest absolute Gasteiger partial charge is 0.466 e. The Morgan fingerprint density at radius 1 is 0.818 bits per heavy atom. The van der Waals surface area contributed by atoms with E-state index < -0.39 is 29.5 Å². The van der Waals surface area contributed by atoms with Crippen LogP contribution in [0.1, 0.15) is 13.3 Å². The van der Waals surface area contributed by atoms with Gasteiger partial charge in [0, 0.05) is 5.69 Å². The van der Waals surface area contributed by atoms with Crippen molar-refractivity contribution in [3.05, 3.63) is 78.4 Å². The lowest BCUT2D eigenvalue weighted by atomic mass is 9.94. The fourth-order valence-corrected chi connectivity index (χ4v) is 3.15. The standard InChI is InChI=1S/C25H21F2NO5/c1-2-32-22(29)14-15-33-25(31)24(30)28-17-12-10-16(11-13-17)18-6-3-4-7-19(18)23-20(26)8-5-9-21(23)27/h3-13H,2,14-15H2,1H3,(H,28,30). The van der Waals surface area contributed by atoms with Crippen LogP contribution >= 0.6 is 0 Å². The molecule has 170 valence electrons. The molecule has 0 heterocycles. The second kappa shape index (κ2) is 11.0. The van der Waals surface area contributed by atoms with Crippen molar-refractivity contribution in [1.29, 1.82) is 0 Å². The van der Waals surface area contributed by atoms with E-state index in [9.17, 15) is 23.2 Å². The molecule has 0 atom stereocenters. The van der Waals surface area contributed by atoms with E-state index in [0.29, 0.717) is 22.4 Å². The first-order valence-electron chi connectivity index (χ1n) is 10.2. The molecule has 3 rings (SSSR count). The molecule has 0 aliphatic heterocycles. The number of halogens is 2. The van der Waals surface area contributed by atoms with Crippen molar-refractivity contribution in [3.8, 4) is 22.3 Å². The van der Waals surface area contributed by atoms with Gasteiger partial charge in [-0.25, -0.2) is 13.6 Å². The summed E-state index contributed by atoms with van der Waals surface area (Å²) < 4.78 is 38.1. The molecule has 0 saturated heterocycles. The van der Waals surface area contributed by atoms with Gasteiger partial charge in [0.1, 0.15) is 18.2 Å². The molecule has 0 saturated carbocycles. The second-order valence-electron chi connectivity index (χ2n) is 6.86. The van der Waals surface area contributed by atoms with Gasteiger partial charge in [-0.3, -0.25) is 9.59 Å². The molecule has 0 fully saturated rings. The van der Waals surface area contributed by atoms with Crippen LogP contribution in [0, 0.1) is 11.6 Å². The molecule has 0 aliphatic carbocycles. The summed E-state index contributed by atoms with van der Waals surface area (Å²) >= 11 is 0. The van der Waals surface area contributed by atoms with E-state index in [-0.39, 0.29) is 25.2 Å². The zero-order valence-electron chi connectivity index (χ0n) is 17.8. The molecule has 1 amide bonds. The van der Waals surface area contributed by atoms with Gasteiger partial charge in [-0.2, -0.15) is 0 Å². The highest BCUT2D eigenvalue weighted by Gasteiger charge is 2.18. The molecular formula is C25H21F2NO5. The van der Waals surface area contributed by atoms with E-state index >= 15 is 0 Å². The summed E-state index contributed by atoms with van der Waals surface area (Å²) in [6.07, 6.45) is -0.149. The van der Waals surface area contributed by atoms with E-state index in [1.165, 1.54) is 18.2 Å². The van der Waals surface area contributed by atoms with Crippen molar-refractivity contribution in [3.63, 3.8) is 0 Å². The van der Waals surface area contributed by atoms with Gasteiger partial charge in [-0.1, -0.05) is 42.5 Å². The summed E-state index contributed by atoms with van der Waals surface area (Å²) in [6, 6.07) is 16.9. The van der Waals surface area contributed by atoms with Crippen LogP contribution in [0.15, 0.2) is 66.7 Å². The normalized spacial score (nSPS) is 10.4. The summed E-state index contributed by atoms with van der Waals surface area (Å²) in [4.78, 5) is 35.0. The Morgan fingerprint density at radius 3 is 2.09 bits per heavy atom. The summed E-state index contributed by atoms with van der Waals surface area (Å²) in [6.45, 7) is 1.59. The zero-order valence-corrected chi connectivity index (χ0v) is 17.8. The number of ether oxygens (including phenoxy) is 2. The molecular weight excluding hydrogens is 432 g/mol. The van der Waals surface area contributed by atoms with Crippen molar-refractivity contribution >= 4 is 23.5 Å². The monoisotopic (exact) mass is 453 g/mol. The van der Waals surface area contributed by atoms with Crippen LogP contribution in [0.4, 0.5) is 14.5 Å². The Bertz CT molecular complexity index is 1140. The van der Waals surface area contributed by atoms with Crippen molar-refractivity contribution in [2.24, 2.45) is 0 Å². The van der Waals surface area contributed by atoms with E-state index in [1.807, 2.05) is 0 Å². The van der Waals surface area contributed by atoms with E-state index in [4.69, 9.17) is 9.47 Å². The van der Waals surface area contributed by atoms with Gasteiger partial charge in [0.05, 0.1) is 18.6 Å². The molecule has 33 heavy (non-hydrogen) atoms. The van der Waals surface area contributed by atoms with Gasteiger partial charge >= 0.3 is 17.8 Å². The molecule has 8 heteroatoms. The van der Waals surface area contributed by atoms with Crippen molar-refractivity contribution in [2.75, 3.05) is 18.5 Å². The van der Waals surface area contributed by atoms with Gasteiger partial charge in [-0.05, 0) is 47.9 Å². The minimum Gasteiger partial charge on any atom is -0.466 e. The summed E-state index contributed by atoms with van der Waals surface area (Å²) in [7, 11) is 0. The molecule has 0 radical (unpaired) electrons. The molecule has 0 spiro atoms. The highest BCUT2D eigenvalue weighted by molar-refractivity contribution is 6.37. The average molecular weight is 453 g/mol. The molecule has 1 N–H and O–H groups in total. The van der Waals surface area contributed by atoms with Gasteiger partial charge in [0.2, 0.25) is 0 Å². The van der Waals surface area contributed by atoms with Crippen LogP contribution in [-0.4, -0.2) is 31.1 Å². The molecule has 0 aliphatic rings. The number of rotatable bonds is 7. The topological polar surface area (TPSA) is 81.7 Å². The Morgan fingerprint density at radius 2 is 1.45 bits per heavy atom. The molecule has 0 bridgehead atoms. The lowest BCUT2D eigenvalue weighted by Gasteiger charge is -2.12. The maximum Gasteiger partial charge on any atom is 0.397 e. The fraction of sp³-hybridized carbons (Fsp3) is 0.160. The van der Waals surface area contributed by atoms with Crippen LogP contribution in [0.2, 0.25) is 0 Å². The molecule has 0 aromatic heterocycles. The quantitative estimate of drug-likeness (QED) is 0.413. The highest BCUT2D eigenvalue weighted by Crippen LogP contribution is 2.35. The Hall–Kier alpha value is -4.07. The van der Waals surface area contributed by atoms with Crippen LogP contribution < -0.4 is 5.32 Å². The summed E-state index contributed by atoms with van der Waals surface area (Å²) in [5.41, 5.74) is 1.83. The minimum atomic E-state index is -1.14. The van der Waals surface area contributed by atoms with Crippen LogP contribution in [0.3, 0.4) is 0 Å². The third kappa shape index (κ3) is 6.00. The van der Waals surface area contributed by atoms with Gasteiger partial charge in [-0.15, -0.1) is 0 Å². The second-order valence-corrected chi connectivity index (χ2v) is 6.86. The lowest BCUT2D eigenvalue weighted by molar-refractivity contribution is -0.154. The predicted molar refractivity (Wildman–Crippen MR) is 118 cm³/mol. The van der Waals surface area contributed by atoms with Crippen LogP contribution in [-0.2, 0) is 23.9 Å². The van der Waals surface area contributed by atoms with E-state index in [1.54, 1.807) is 55.5 Å². The summed E-state index contributed by atoms with van der Waals surface area (Å²) in [5.74, 6) is -4.01. The number of amides is 1. The van der Waals surface area contributed by atoms with Crippen molar-refractivity contribution < 1.29 is 32.6 Å². The average Bonchev–Trinajstić information content (AvgIpc) is 2.80. The van der Waals surface area contributed by atoms with Crippen molar-refractivity contribution in [1.82, 2.24) is 0 Å². The van der Waals surface area contributed by atoms with Gasteiger partial charge in [0.15, 0.2) is 0 Å². The van der Waals surface area contributed by atoms with E-state index in [0.717, 1.165) is 0 Å². The first kappa shape index (κ1) is 23.6. The number of carbonyl (C=O) groups excluding carboxylic acids is 3. The maximum absolute atomic E-state index is 14.3.